The Hall–Kier alpha value is -0.920. The number of nitrogens with zero attached hydrogens (tertiary/aromatic N) is 1. The largest absolute Gasteiger partial charge is 0.396 e. The monoisotopic (exact) mass is 332 g/mol. The van der Waals surface area contributed by atoms with E-state index in [9.17, 15) is 14.7 Å². The van der Waals surface area contributed by atoms with Gasteiger partial charge in [-0.15, -0.1) is 0 Å². The normalized spacial score (nSPS) is 25.5. The van der Waals surface area contributed by atoms with Crippen molar-refractivity contribution in [2.75, 3.05) is 18.5 Å². The number of nitrogens with one attached hydrogen (secondary N) is 1. The molecule has 19 heavy (non-hydrogen) atoms. The van der Waals surface area contributed by atoms with E-state index in [2.05, 4.69) is 20.9 Å². The van der Waals surface area contributed by atoms with Gasteiger partial charge < -0.3 is 10.2 Å². The maximum Gasteiger partial charge on any atom is 0.328 e. The lowest BCUT2D eigenvalue weighted by atomic mass is 10.1. The van der Waals surface area contributed by atoms with Crippen molar-refractivity contribution in [3.05, 3.63) is 32.6 Å². The molecule has 1 fully saturated rings. The molecule has 106 valence electrons. The third kappa shape index (κ3) is 2.82. The quantitative estimate of drug-likeness (QED) is 0.610. The lowest BCUT2D eigenvalue weighted by molar-refractivity contribution is 0.156. The molecule has 0 amide bonds. The van der Waals surface area contributed by atoms with E-state index in [-0.39, 0.29) is 24.7 Å². The molecule has 2 atom stereocenters. The molecule has 0 spiro atoms. The maximum absolute atomic E-state index is 11.8. The van der Waals surface area contributed by atoms with Crippen LogP contribution >= 0.6 is 15.9 Å². The van der Waals surface area contributed by atoms with Crippen LogP contribution in [0.2, 0.25) is 0 Å². The molecular weight excluding hydrogens is 316 g/mol. The number of halogens is 1. The first-order chi connectivity index (χ1) is 9.06. The molecule has 0 aromatic carbocycles. The number of alkyl halides is 1. The first-order valence-electron chi connectivity index (χ1n) is 6.16. The highest BCUT2D eigenvalue weighted by atomic mass is 79.9. The Morgan fingerprint density at radius 1 is 1.47 bits per heavy atom. The smallest absolute Gasteiger partial charge is 0.328 e. The van der Waals surface area contributed by atoms with Crippen LogP contribution in [0, 0.1) is 11.3 Å². The summed E-state index contributed by atoms with van der Waals surface area (Å²) in [6.45, 7) is 0.254. The van der Waals surface area contributed by atoms with Crippen LogP contribution in [0.25, 0.3) is 0 Å². The first-order valence-corrected chi connectivity index (χ1v) is 7.29. The topological polar surface area (TPSA) is 95.3 Å². The van der Waals surface area contributed by atoms with E-state index in [1.54, 1.807) is 6.20 Å². The summed E-state index contributed by atoms with van der Waals surface area (Å²) in [7, 11) is 0. The molecule has 6 nitrogen and oxygen atoms in total. The molecule has 1 aliphatic rings. The summed E-state index contributed by atoms with van der Waals surface area (Å²) < 4.78 is 1.42. The number of rotatable bonds is 6. The van der Waals surface area contributed by atoms with Crippen LogP contribution in [-0.2, 0) is 13.0 Å². The van der Waals surface area contributed by atoms with Gasteiger partial charge in [0.1, 0.15) is 0 Å². The standard InChI is InChI=1S/C12H17BrN2O4/c13-2-1-8-4-15(11(19)14-10(8)18)6-12(7-17)3-9(12)5-16/h4,9,16-17H,1-3,5-7H2,(H,14,18,19). The van der Waals surface area contributed by atoms with Crippen LogP contribution in [0.4, 0.5) is 0 Å². The van der Waals surface area contributed by atoms with Crippen LogP contribution in [0.15, 0.2) is 15.8 Å². The fourth-order valence-corrected chi connectivity index (χ4v) is 2.85. The van der Waals surface area contributed by atoms with E-state index in [0.29, 0.717) is 30.3 Å². The zero-order valence-electron chi connectivity index (χ0n) is 10.4. The minimum absolute atomic E-state index is 0.00687. The summed E-state index contributed by atoms with van der Waals surface area (Å²) >= 11 is 3.26. The molecule has 1 heterocycles. The van der Waals surface area contributed by atoms with Crippen molar-refractivity contribution in [1.29, 1.82) is 0 Å². The Labute approximate surface area is 118 Å². The third-order valence-electron chi connectivity index (χ3n) is 3.83. The summed E-state index contributed by atoms with van der Waals surface area (Å²) in [6.07, 6.45) is 2.77. The summed E-state index contributed by atoms with van der Waals surface area (Å²) in [5.74, 6) is 0.0240. The second-order valence-electron chi connectivity index (χ2n) is 5.08. The average Bonchev–Trinajstić information content (AvgIpc) is 3.09. The molecule has 2 rings (SSSR count). The van der Waals surface area contributed by atoms with Gasteiger partial charge in [-0.3, -0.25) is 14.3 Å². The number of aliphatic hydroxyl groups is 2. The molecule has 1 aromatic rings. The minimum Gasteiger partial charge on any atom is -0.396 e. The first kappa shape index (κ1) is 14.5. The molecule has 0 bridgehead atoms. The van der Waals surface area contributed by atoms with Gasteiger partial charge in [-0.1, -0.05) is 15.9 Å². The van der Waals surface area contributed by atoms with E-state index in [1.165, 1.54) is 4.57 Å². The Bertz CT molecular complexity index is 568. The van der Waals surface area contributed by atoms with E-state index >= 15 is 0 Å². The van der Waals surface area contributed by atoms with E-state index < -0.39 is 11.1 Å². The van der Waals surface area contributed by atoms with Crippen LogP contribution < -0.4 is 11.2 Å². The Morgan fingerprint density at radius 3 is 2.74 bits per heavy atom. The zero-order chi connectivity index (χ0) is 14.0. The molecule has 1 saturated carbocycles. The number of hydrogen-bond donors (Lipinski definition) is 3. The molecule has 0 radical (unpaired) electrons. The van der Waals surface area contributed by atoms with Gasteiger partial charge in [-0.2, -0.15) is 0 Å². The van der Waals surface area contributed by atoms with Crippen LogP contribution in [0.1, 0.15) is 12.0 Å². The van der Waals surface area contributed by atoms with Crippen molar-refractivity contribution in [3.8, 4) is 0 Å². The summed E-state index contributed by atoms with van der Waals surface area (Å²) in [5.41, 5.74) is -0.735. The number of aliphatic hydroxyl groups excluding tert-OH is 2. The summed E-state index contributed by atoms with van der Waals surface area (Å²) in [5, 5.41) is 19.2. The Kier molecular flexibility index (Phi) is 4.27. The SMILES string of the molecule is O=c1[nH]c(=O)n(CC2(CO)CC2CO)cc1CCBr. The lowest BCUT2D eigenvalue weighted by Gasteiger charge is -2.16. The average molecular weight is 333 g/mol. The number of H-pyrrole nitrogens is 1. The molecule has 1 aromatic heterocycles. The summed E-state index contributed by atoms with van der Waals surface area (Å²) in [4.78, 5) is 25.6. The predicted molar refractivity (Wildman–Crippen MR) is 73.5 cm³/mol. The number of aromatic nitrogens is 2. The van der Waals surface area contributed by atoms with Gasteiger partial charge in [-0.25, -0.2) is 4.79 Å². The second-order valence-corrected chi connectivity index (χ2v) is 5.88. The lowest BCUT2D eigenvalue weighted by Crippen LogP contribution is -2.35. The van der Waals surface area contributed by atoms with E-state index in [1.807, 2.05) is 0 Å². The van der Waals surface area contributed by atoms with Gasteiger partial charge in [0.2, 0.25) is 0 Å². The molecule has 3 N–H and O–H groups in total. The molecule has 2 unspecified atom stereocenters. The molecular formula is C12H17BrN2O4. The third-order valence-corrected chi connectivity index (χ3v) is 4.22. The summed E-state index contributed by atoms with van der Waals surface area (Å²) in [6, 6.07) is 0. The zero-order valence-corrected chi connectivity index (χ0v) is 12.0. The minimum atomic E-state index is -0.472. The maximum atomic E-state index is 11.8. The molecule has 0 aliphatic heterocycles. The highest BCUT2D eigenvalue weighted by molar-refractivity contribution is 9.09. The van der Waals surface area contributed by atoms with Crippen molar-refractivity contribution in [2.45, 2.75) is 19.4 Å². The van der Waals surface area contributed by atoms with E-state index in [0.717, 1.165) is 0 Å². The van der Waals surface area contributed by atoms with Gasteiger partial charge in [-0.05, 0) is 18.8 Å². The van der Waals surface area contributed by atoms with Gasteiger partial charge in [0.05, 0.1) is 6.61 Å². The van der Waals surface area contributed by atoms with Gasteiger partial charge in [0.15, 0.2) is 0 Å². The number of aryl methyl sites for hydroxylation is 1. The molecule has 7 heteroatoms. The van der Waals surface area contributed by atoms with Crippen molar-refractivity contribution in [3.63, 3.8) is 0 Å². The van der Waals surface area contributed by atoms with Crippen molar-refractivity contribution in [2.24, 2.45) is 11.3 Å². The highest BCUT2D eigenvalue weighted by Gasteiger charge is 2.53. The van der Waals surface area contributed by atoms with Gasteiger partial charge >= 0.3 is 5.69 Å². The van der Waals surface area contributed by atoms with Crippen LogP contribution in [0.3, 0.4) is 0 Å². The fourth-order valence-electron chi connectivity index (χ4n) is 2.42. The fraction of sp³-hybridized carbons (Fsp3) is 0.667. The Morgan fingerprint density at radius 2 is 2.21 bits per heavy atom. The van der Waals surface area contributed by atoms with Crippen LogP contribution in [-0.4, -0.2) is 38.3 Å². The highest BCUT2D eigenvalue weighted by Crippen LogP contribution is 2.52. The van der Waals surface area contributed by atoms with Crippen molar-refractivity contribution >= 4 is 15.9 Å². The Balaban J connectivity index is 2.28. The molecule has 1 aliphatic carbocycles. The van der Waals surface area contributed by atoms with Crippen LogP contribution in [0.5, 0.6) is 0 Å². The number of aromatic amines is 1. The second kappa shape index (κ2) is 5.60. The van der Waals surface area contributed by atoms with Crippen molar-refractivity contribution < 1.29 is 10.2 Å². The predicted octanol–water partition coefficient (Wildman–Crippen LogP) is -0.535. The van der Waals surface area contributed by atoms with E-state index in [4.69, 9.17) is 5.11 Å². The van der Waals surface area contributed by atoms with Gasteiger partial charge in [0, 0.05) is 35.7 Å². The van der Waals surface area contributed by atoms with Gasteiger partial charge in [0.25, 0.3) is 5.56 Å². The molecule has 0 saturated heterocycles. The van der Waals surface area contributed by atoms with Crippen molar-refractivity contribution in [1.82, 2.24) is 9.55 Å². The number of hydrogen-bond acceptors (Lipinski definition) is 4.